The molecule has 0 saturated carbocycles. The molecular formula is C52H86O4. The first-order valence-electron chi connectivity index (χ1n) is 23.3. The first-order chi connectivity index (χ1) is 26.5. The molecule has 2 aromatic rings. The lowest BCUT2D eigenvalue weighted by Crippen LogP contribution is -2.24. The van der Waals surface area contributed by atoms with Gasteiger partial charge in [0.1, 0.15) is 11.5 Å². The van der Waals surface area contributed by atoms with E-state index in [4.69, 9.17) is 18.9 Å². The van der Waals surface area contributed by atoms with Crippen LogP contribution in [0, 0.1) is 11.8 Å². The molecular weight excluding hydrogens is 689 g/mol. The van der Waals surface area contributed by atoms with Gasteiger partial charge >= 0.3 is 0 Å². The minimum absolute atomic E-state index is 0.00831. The van der Waals surface area contributed by atoms with E-state index in [9.17, 15) is 0 Å². The number of hydrogen-bond donors (Lipinski definition) is 0. The largest absolute Gasteiger partial charge is 0.493 e. The quantitative estimate of drug-likeness (QED) is 0.0670. The minimum atomic E-state index is 0.00831. The van der Waals surface area contributed by atoms with Gasteiger partial charge in [0.2, 0.25) is 0 Å². The summed E-state index contributed by atoms with van der Waals surface area (Å²) in [6.45, 7) is 36.6. The Hall–Kier alpha value is -2.04. The SMILES string of the molecule is CCCC(CCCOc1c(C(C)(C)CC)cc(CCc2cc(C(C)(C)CC)c(OCCCC(CCC)C3CO3)c(C(C)(C)CC)c2)cc1C(C)(C)CC)C1CO1. The summed E-state index contributed by atoms with van der Waals surface area (Å²) >= 11 is 0. The Balaban J connectivity index is 1.66. The molecule has 4 atom stereocenters. The van der Waals surface area contributed by atoms with Gasteiger partial charge in [0.25, 0.3) is 0 Å². The standard InChI is InChI=1S/C52H86O4/c1-15-23-39(45-35-55-45)25-21-29-53-47-41(49(7,8)17-3)31-37(32-42(47)50(9,10)18-4)27-28-38-33-43(51(11,12)19-5)48(44(34-38)52(13,14)20-6)54-30-22-26-40(24-16-2)46-36-56-46/h31-34,39-40,45-46H,15-30,35-36H2,1-14H3. The van der Waals surface area contributed by atoms with Crippen molar-refractivity contribution in [3.63, 3.8) is 0 Å². The molecule has 0 aliphatic carbocycles. The lowest BCUT2D eigenvalue weighted by molar-refractivity contribution is 0.250. The van der Waals surface area contributed by atoms with Crippen LogP contribution in [0.25, 0.3) is 0 Å². The lowest BCUT2D eigenvalue weighted by Gasteiger charge is -2.34. The Morgan fingerprint density at radius 2 is 0.786 bits per heavy atom. The molecule has 0 radical (unpaired) electrons. The highest BCUT2D eigenvalue weighted by atomic mass is 16.6. The maximum absolute atomic E-state index is 6.95. The van der Waals surface area contributed by atoms with Crippen LogP contribution in [0.4, 0.5) is 0 Å². The van der Waals surface area contributed by atoms with Crippen LogP contribution in [-0.2, 0) is 44.0 Å². The van der Waals surface area contributed by atoms with Gasteiger partial charge in [-0.25, -0.2) is 0 Å². The molecule has 318 valence electrons. The van der Waals surface area contributed by atoms with Crippen molar-refractivity contribution in [3.8, 4) is 11.5 Å². The summed E-state index contributed by atoms with van der Waals surface area (Å²) in [7, 11) is 0. The molecule has 2 aromatic carbocycles. The van der Waals surface area contributed by atoms with Crippen LogP contribution in [0.2, 0.25) is 0 Å². The zero-order chi connectivity index (χ0) is 41.3. The Kier molecular flexibility index (Phi) is 16.9. The molecule has 2 fully saturated rings. The van der Waals surface area contributed by atoms with Crippen molar-refractivity contribution in [2.24, 2.45) is 11.8 Å². The van der Waals surface area contributed by atoms with Crippen LogP contribution in [0.15, 0.2) is 24.3 Å². The highest BCUT2D eigenvalue weighted by molar-refractivity contribution is 5.53. The fourth-order valence-electron chi connectivity index (χ4n) is 8.51. The molecule has 0 bridgehead atoms. The van der Waals surface area contributed by atoms with E-state index in [1.807, 2.05) is 0 Å². The average Bonchev–Trinajstić information content (AvgIpc) is 4.11. The van der Waals surface area contributed by atoms with Gasteiger partial charge in [-0.15, -0.1) is 0 Å². The number of hydrogen-bond acceptors (Lipinski definition) is 4. The second-order valence-electron chi connectivity index (χ2n) is 20.3. The van der Waals surface area contributed by atoms with Gasteiger partial charge in [0.15, 0.2) is 0 Å². The summed E-state index contributed by atoms with van der Waals surface area (Å²) in [5, 5.41) is 0. The van der Waals surface area contributed by atoms with E-state index in [-0.39, 0.29) is 21.7 Å². The van der Waals surface area contributed by atoms with E-state index < -0.39 is 0 Å². The average molecular weight is 775 g/mol. The topological polar surface area (TPSA) is 43.5 Å². The third-order valence-electron chi connectivity index (χ3n) is 14.5. The van der Waals surface area contributed by atoms with E-state index in [1.54, 1.807) is 0 Å². The summed E-state index contributed by atoms with van der Waals surface area (Å²) < 4.78 is 25.3. The summed E-state index contributed by atoms with van der Waals surface area (Å²) in [6.07, 6.45) is 16.7. The lowest BCUT2D eigenvalue weighted by atomic mass is 9.73. The zero-order valence-corrected chi connectivity index (χ0v) is 39.0. The molecule has 2 saturated heterocycles. The normalized spacial score (nSPS) is 18.5. The van der Waals surface area contributed by atoms with Crippen molar-refractivity contribution in [2.45, 2.75) is 221 Å². The Morgan fingerprint density at radius 3 is 1.02 bits per heavy atom. The van der Waals surface area contributed by atoms with Crippen molar-refractivity contribution >= 4 is 0 Å². The number of benzene rings is 2. The minimum Gasteiger partial charge on any atom is -0.493 e. The van der Waals surface area contributed by atoms with Crippen molar-refractivity contribution in [1.82, 2.24) is 0 Å². The van der Waals surface area contributed by atoms with Gasteiger partial charge in [-0.1, -0.05) is 134 Å². The van der Waals surface area contributed by atoms with Crippen LogP contribution in [0.5, 0.6) is 11.5 Å². The van der Waals surface area contributed by atoms with E-state index in [0.29, 0.717) is 24.0 Å². The van der Waals surface area contributed by atoms with E-state index in [1.165, 1.54) is 71.9 Å². The van der Waals surface area contributed by atoms with Crippen LogP contribution in [0.3, 0.4) is 0 Å². The van der Waals surface area contributed by atoms with Gasteiger partial charge < -0.3 is 18.9 Å². The molecule has 4 unspecified atom stereocenters. The summed E-state index contributed by atoms with van der Waals surface area (Å²) in [4.78, 5) is 0. The van der Waals surface area contributed by atoms with Crippen molar-refractivity contribution in [2.75, 3.05) is 26.4 Å². The van der Waals surface area contributed by atoms with Crippen molar-refractivity contribution in [3.05, 3.63) is 57.6 Å². The fourth-order valence-corrected chi connectivity index (χ4v) is 8.51. The first-order valence-corrected chi connectivity index (χ1v) is 23.3. The monoisotopic (exact) mass is 775 g/mol. The van der Waals surface area contributed by atoms with Gasteiger partial charge in [-0.3, -0.25) is 0 Å². The molecule has 2 aliphatic rings. The Morgan fingerprint density at radius 1 is 0.500 bits per heavy atom. The Labute approximate surface area is 346 Å². The zero-order valence-electron chi connectivity index (χ0n) is 39.0. The highest BCUT2D eigenvalue weighted by Gasteiger charge is 2.35. The molecule has 0 aromatic heterocycles. The fraction of sp³-hybridized carbons (Fsp3) is 0.769. The summed E-state index contributed by atoms with van der Waals surface area (Å²) in [5.41, 5.74) is 8.40. The molecule has 2 heterocycles. The predicted molar refractivity (Wildman–Crippen MR) is 239 cm³/mol. The van der Waals surface area contributed by atoms with Crippen LogP contribution < -0.4 is 9.47 Å². The predicted octanol–water partition coefficient (Wildman–Crippen LogP) is 14.2. The first kappa shape index (κ1) is 46.6. The van der Waals surface area contributed by atoms with Gasteiger partial charge in [0.05, 0.1) is 38.6 Å². The van der Waals surface area contributed by atoms with Crippen molar-refractivity contribution in [1.29, 1.82) is 0 Å². The van der Waals surface area contributed by atoms with Gasteiger partial charge in [-0.05, 0) is 122 Å². The maximum atomic E-state index is 6.95. The number of epoxide rings is 2. The number of rotatable bonds is 27. The summed E-state index contributed by atoms with van der Waals surface area (Å²) in [5.74, 6) is 3.63. The van der Waals surface area contributed by atoms with E-state index in [2.05, 4.69) is 121 Å². The van der Waals surface area contributed by atoms with Crippen molar-refractivity contribution < 1.29 is 18.9 Å². The van der Waals surface area contributed by atoms with E-state index in [0.717, 1.165) is 89.3 Å². The van der Waals surface area contributed by atoms with Crippen LogP contribution in [-0.4, -0.2) is 38.6 Å². The highest BCUT2D eigenvalue weighted by Crippen LogP contribution is 2.46. The molecule has 56 heavy (non-hydrogen) atoms. The van der Waals surface area contributed by atoms with Crippen LogP contribution >= 0.6 is 0 Å². The third-order valence-corrected chi connectivity index (χ3v) is 14.5. The molecule has 0 amide bonds. The van der Waals surface area contributed by atoms with Gasteiger partial charge in [-0.2, -0.15) is 0 Å². The number of ether oxygens (including phenoxy) is 4. The Bertz CT molecular complexity index is 1320. The number of aryl methyl sites for hydroxylation is 2. The molecule has 0 N–H and O–H groups in total. The molecule has 4 heteroatoms. The van der Waals surface area contributed by atoms with Gasteiger partial charge in [0, 0.05) is 22.3 Å². The smallest absolute Gasteiger partial charge is 0.126 e. The molecule has 0 spiro atoms. The molecule has 2 aliphatic heterocycles. The van der Waals surface area contributed by atoms with E-state index >= 15 is 0 Å². The summed E-state index contributed by atoms with van der Waals surface area (Å²) in [6, 6.07) is 10.0. The second kappa shape index (κ2) is 20.3. The van der Waals surface area contributed by atoms with Crippen LogP contribution in [0.1, 0.15) is 207 Å². The molecule has 4 rings (SSSR count). The second-order valence-corrected chi connectivity index (χ2v) is 20.3. The molecule has 4 nitrogen and oxygen atoms in total. The maximum Gasteiger partial charge on any atom is 0.126 e. The third kappa shape index (κ3) is 12.2.